The lowest BCUT2D eigenvalue weighted by molar-refractivity contribution is 0.399. The number of nitrogens with zero attached hydrogens (tertiary/aromatic N) is 3. The minimum absolute atomic E-state index is 0.337. The molecule has 4 nitrogen and oxygen atoms in total. The molecular formula is C8H6ClN3O. The molecule has 0 aromatic carbocycles. The molecule has 2 aromatic rings. The van der Waals surface area contributed by atoms with Crippen molar-refractivity contribution in [2.75, 3.05) is 7.11 Å². The predicted octanol–water partition coefficient (Wildman–Crippen LogP) is 1.69. The lowest BCUT2D eigenvalue weighted by Crippen LogP contribution is -1.91. The van der Waals surface area contributed by atoms with Crippen LogP contribution in [0.15, 0.2) is 18.5 Å². The fourth-order valence-electron chi connectivity index (χ4n) is 1.01. The Bertz CT molecular complexity index is 446. The Labute approximate surface area is 79.6 Å². The molecule has 0 aliphatic heterocycles. The SMILES string of the molecule is COc1ccc2ncnc(Cl)c2n1. The van der Waals surface area contributed by atoms with Crippen LogP contribution in [0, 0.1) is 0 Å². The molecule has 2 heterocycles. The highest BCUT2D eigenvalue weighted by Crippen LogP contribution is 2.19. The van der Waals surface area contributed by atoms with E-state index in [0.717, 1.165) is 0 Å². The van der Waals surface area contributed by atoms with Crippen LogP contribution in [0.25, 0.3) is 11.0 Å². The fraction of sp³-hybridized carbons (Fsp3) is 0.125. The van der Waals surface area contributed by atoms with Gasteiger partial charge in [-0.15, -0.1) is 0 Å². The second kappa shape index (κ2) is 3.14. The van der Waals surface area contributed by atoms with Gasteiger partial charge in [0, 0.05) is 6.07 Å². The van der Waals surface area contributed by atoms with Crippen molar-refractivity contribution in [3.63, 3.8) is 0 Å². The van der Waals surface area contributed by atoms with Crippen LogP contribution in [-0.2, 0) is 0 Å². The van der Waals surface area contributed by atoms with E-state index in [9.17, 15) is 0 Å². The van der Waals surface area contributed by atoms with Crippen molar-refractivity contribution in [3.8, 4) is 5.88 Å². The van der Waals surface area contributed by atoms with Crippen LogP contribution in [0.2, 0.25) is 5.15 Å². The maximum absolute atomic E-state index is 5.82. The second-order valence-corrected chi connectivity index (χ2v) is 2.74. The third kappa shape index (κ3) is 1.40. The molecule has 66 valence electrons. The zero-order valence-electron chi connectivity index (χ0n) is 6.86. The van der Waals surface area contributed by atoms with Crippen molar-refractivity contribution >= 4 is 22.6 Å². The quantitative estimate of drug-likeness (QED) is 0.650. The average molecular weight is 196 g/mol. The van der Waals surface area contributed by atoms with E-state index in [0.29, 0.717) is 22.1 Å². The molecule has 0 atom stereocenters. The molecule has 0 aliphatic rings. The number of rotatable bonds is 1. The minimum Gasteiger partial charge on any atom is -0.481 e. The summed E-state index contributed by atoms with van der Waals surface area (Å²) >= 11 is 5.82. The van der Waals surface area contributed by atoms with Crippen molar-refractivity contribution in [2.24, 2.45) is 0 Å². The van der Waals surface area contributed by atoms with Crippen LogP contribution in [0.4, 0.5) is 0 Å². The summed E-state index contributed by atoms with van der Waals surface area (Å²) in [7, 11) is 1.55. The summed E-state index contributed by atoms with van der Waals surface area (Å²) in [5.74, 6) is 0.504. The first-order valence-electron chi connectivity index (χ1n) is 3.62. The van der Waals surface area contributed by atoms with Gasteiger partial charge in [-0.25, -0.2) is 15.0 Å². The van der Waals surface area contributed by atoms with Crippen molar-refractivity contribution in [1.29, 1.82) is 0 Å². The number of hydrogen-bond acceptors (Lipinski definition) is 4. The Balaban J connectivity index is 2.74. The number of ether oxygens (including phenoxy) is 1. The molecule has 5 heteroatoms. The number of fused-ring (bicyclic) bond motifs is 1. The third-order valence-corrected chi connectivity index (χ3v) is 1.90. The predicted molar refractivity (Wildman–Crippen MR) is 48.9 cm³/mol. The molecule has 13 heavy (non-hydrogen) atoms. The molecule has 0 aliphatic carbocycles. The molecule has 0 bridgehead atoms. The first-order chi connectivity index (χ1) is 6.31. The van der Waals surface area contributed by atoms with Gasteiger partial charge in [0.2, 0.25) is 5.88 Å². The van der Waals surface area contributed by atoms with Crippen LogP contribution in [-0.4, -0.2) is 22.1 Å². The summed E-state index contributed by atoms with van der Waals surface area (Å²) in [5, 5.41) is 0.337. The van der Waals surface area contributed by atoms with E-state index < -0.39 is 0 Å². The van der Waals surface area contributed by atoms with Crippen LogP contribution >= 0.6 is 11.6 Å². The third-order valence-electron chi connectivity index (χ3n) is 1.62. The first-order valence-corrected chi connectivity index (χ1v) is 4.00. The Morgan fingerprint density at radius 3 is 2.92 bits per heavy atom. The summed E-state index contributed by atoms with van der Waals surface area (Å²) in [5.41, 5.74) is 1.27. The van der Waals surface area contributed by atoms with Gasteiger partial charge in [-0.3, -0.25) is 0 Å². The van der Waals surface area contributed by atoms with E-state index in [2.05, 4.69) is 15.0 Å². The molecule has 0 radical (unpaired) electrons. The molecular weight excluding hydrogens is 190 g/mol. The maximum atomic E-state index is 5.82. The van der Waals surface area contributed by atoms with Crippen LogP contribution in [0.5, 0.6) is 5.88 Å². The van der Waals surface area contributed by atoms with Crippen LogP contribution < -0.4 is 4.74 Å². The number of aromatic nitrogens is 3. The number of halogens is 1. The van der Waals surface area contributed by atoms with Gasteiger partial charge in [-0.2, -0.15) is 0 Å². The summed E-state index contributed by atoms with van der Waals surface area (Å²) in [6, 6.07) is 3.51. The summed E-state index contributed by atoms with van der Waals surface area (Å²) in [4.78, 5) is 11.9. The monoisotopic (exact) mass is 195 g/mol. The van der Waals surface area contributed by atoms with Gasteiger partial charge in [0.15, 0.2) is 5.15 Å². The summed E-state index contributed by atoms with van der Waals surface area (Å²) < 4.78 is 4.95. The zero-order chi connectivity index (χ0) is 9.26. The van der Waals surface area contributed by atoms with Crippen molar-refractivity contribution in [3.05, 3.63) is 23.6 Å². The van der Waals surface area contributed by atoms with E-state index in [1.165, 1.54) is 6.33 Å². The van der Waals surface area contributed by atoms with Crippen LogP contribution in [0.3, 0.4) is 0 Å². The van der Waals surface area contributed by atoms with Gasteiger partial charge in [0.05, 0.1) is 12.6 Å². The average Bonchev–Trinajstić information content (AvgIpc) is 2.18. The number of hydrogen-bond donors (Lipinski definition) is 0. The van der Waals surface area contributed by atoms with Gasteiger partial charge >= 0.3 is 0 Å². The van der Waals surface area contributed by atoms with Gasteiger partial charge in [-0.1, -0.05) is 11.6 Å². The molecule has 2 aromatic heterocycles. The molecule has 0 N–H and O–H groups in total. The Hall–Kier alpha value is -1.42. The molecule has 0 unspecified atom stereocenters. The first kappa shape index (κ1) is 8.19. The van der Waals surface area contributed by atoms with Crippen molar-refractivity contribution in [1.82, 2.24) is 15.0 Å². The van der Waals surface area contributed by atoms with Gasteiger partial charge in [0.1, 0.15) is 11.8 Å². The molecule has 2 rings (SSSR count). The maximum Gasteiger partial charge on any atom is 0.213 e. The molecule has 0 saturated carbocycles. The largest absolute Gasteiger partial charge is 0.481 e. The molecule has 0 amide bonds. The molecule has 0 spiro atoms. The highest BCUT2D eigenvalue weighted by molar-refractivity contribution is 6.33. The van der Waals surface area contributed by atoms with Crippen LogP contribution in [0.1, 0.15) is 0 Å². The fourth-order valence-corrected chi connectivity index (χ4v) is 1.19. The topological polar surface area (TPSA) is 47.9 Å². The lowest BCUT2D eigenvalue weighted by Gasteiger charge is -2.00. The summed E-state index contributed by atoms with van der Waals surface area (Å²) in [6.07, 6.45) is 1.40. The summed E-state index contributed by atoms with van der Waals surface area (Å²) in [6.45, 7) is 0. The van der Waals surface area contributed by atoms with Crippen molar-refractivity contribution in [2.45, 2.75) is 0 Å². The Morgan fingerprint density at radius 1 is 1.31 bits per heavy atom. The number of pyridine rings is 1. The van der Waals surface area contributed by atoms with E-state index in [1.54, 1.807) is 19.2 Å². The zero-order valence-corrected chi connectivity index (χ0v) is 7.62. The van der Waals surface area contributed by atoms with Gasteiger partial charge in [-0.05, 0) is 6.07 Å². The second-order valence-electron chi connectivity index (χ2n) is 2.39. The van der Waals surface area contributed by atoms with E-state index in [1.807, 2.05) is 0 Å². The highest BCUT2D eigenvalue weighted by atomic mass is 35.5. The molecule has 0 saturated heterocycles. The van der Waals surface area contributed by atoms with E-state index in [4.69, 9.17) is 16.3 Å². The standard InChI is InChI=1S/C8H6ClN3O/c1-13-6-3-2-5-7(12-6)8(9)11-4-10-5/h2-4H,1H3. The lowest BCUT2D eigenvalue weighted by atomic mass is 10.4. The number of methoxy groups -OCH3 is 1. The smallest absolute Gasteiger partial charge is 0.213 e. The van der Waals surface area contributed by atoms with Gasteiger partial charge in [0.25, 0.3) is 0 Å². The normalized spacial score (nSPS) is 10.3. The van der Waals surface area contributed by atoms with E-state index >= 15 is 0 Å². The van der Waals surface area contributed by atoms with E-state index in [-0.39, 0.29) is 0 Å². The molecule has 0 fully saturated rings. The Kier molecular flexibility index (Phi) is 1.98. The Morgan fingerprint density at radius 2 is 2.15 bits per heavy atom. The minimum atomic E-state index is 0.337. The van der Waals surface area contributed by atoms with Gasteiger partial charge < -0.3 is 4.74 Å². The van der Waals surface area contributed by atoms with Crippen molar-refractivity contribution < 1.29 is 4.74 Å². The highest BCUT2D eigenvalue weighted by Gasteiger charge is 2.03.